The van der Waals surface area contributed by atoms with Crippen LogP contribution >= 0.6 is 7.60 Å². The third kappa shape index (κ3) is 10.4. The average Bonchev–Trinajstić information content (AvgIpc) is 2.20. The van der Waals surface area contributed by atoms with Crippen molar-refractivity contribution < 1.29 is 14.0 Å². The Morgan fingerprint density at radius 2 is 1.60 bits per heavy atom. The van der Waals surface area contributed by atoms with Crippen LogP contribution in [0.1, 0.15) is 58.8 Å². The van der Waals surface area contributed by atoms with Crippen LogP contribution in [0.15, 0.2) is 0 Å². The van der Waals surface area contributed by atoms with Crippen LogP contribution in [0.2, 0.25) is 0 Å². The van der Waals surface area contributed by atoms with Crippen LogP contribution < -0.4 is 0 Å². The summed E-state index contributed by atoms with van der Waals surface area (Å²) < 4.78 is 16.4. The topological polar surface area (TPSA) is 46.5 Å². The molecule has 15 heavy (non-hydrogen) atoms. The minimum absolute atomic E-state index is 0.304. The largest absolute Gasteiger partial charge is 0.328 e. The van der Waals surface area contributed by atoms with Crippen LogP contribution in [0, 0.1) is 0 Å². The van der Waals surface area contributed by atoms with E-state index in [4.69, 9.17) is 4.52 Å². The number of hydrogen-bond acceptors (Lipinski definition) is 2. The molecule has 0 heterocycles. The first-order valence-electron chi connectivity index (χ1n) is 6.08. The normalized spacial score (nSPS) is 15.1. The number of hydrogen-bond donors (Lipinski definition) is 1. The van der Waals surface area contributed by atoms with E-state index in [1.165, 1.54) is 19.3 Å². The smallest absolute Gasteiger partial charge is 0.324 e. The minimum atomic E-state index is -3.26. The van der Waals surface area contributed by atoms with Crippen molar-refractivity contribution in [2.24, 2.45) is 0 Å². The molecule has 0 aliphatic rings. The first-order chi connectivity index (χ1) is 7.12. The average molecular weight is 236 g/mol. The predicted octanol–water partition coefficient (Wildman–Crippen LogP) is 3.96. The summed E-state index contributed by atoms with van der Waals surface area (Å²) in [6.07, 6.45) is 7.66. The summed E-state index contributed by atoms with van der Waals surface area (Å²) in [5.74, 6) is 0. The fourth-order valence-corrected chi connectivity index (χ4v) is 2.59. The van der Waals surface area contributed by atoms with Crippen LogP contribution in [0.4, 0.5) is 0 Å². The molecule has 0 rings (SSSR count). The Kier molecular flexibility index (Phi) is 9.48. The highest BCUT2D eigenvalue weighted by Crippen LogP contribution is 2.42. The molecule has 0 bridgehead atoms. The lowest BCUT2D eigenvalue weighted by molar-refractivity contribution is 0.252. The van der Waals surface area contributed by atoms with E-state index >= 15 is 0 Å². The van der Waals surface area contributed by atoms with Crippen molar-refractivity contribution in [3.05, 3.63) is 0 Å². The van der Waals surface area contributed by atoms with Crippen LogP contribution in [-0.2, 0) is 9.09 Å². The lowest BCUT2D eigenvalue weighted by Crippen LogP contribution is -1.97. The van der Waals surface area contributed by atoms with Gasteiger partial charge < -0.3 is 9.42 Å². The maximum absolute atomic E-state index is 11.4. The molecule has 0 aromatic heterocycles. The van der Waals surface area contributed by atoms with Crippen LogP contribution in [0.25, 0.3) is 0 Å². The van der Waals surface area contributed by atoms with E-state index in [-0.39, 0.29) is 0 Å². The number of unbranched alkanes of at least 4 members (excludes halogenated alkanes) is 5. The molecule has 0 spiro atoms. The molecular weight excluding hydrogens is 211 g/mol. The van der Waals surface area contributed by atoms with Gasteiger partial charge in [0.2, 0.25) is 0 Å². The van der Waals surface area contributed by atoms with Gasteiger partial charge in [-0.15, -0.1) is 0 Å². The van der Waals surface area contributed by atoms with Gasteiger partial charge in [0.1, 0.15) is 0 Å². The van der Waals surface area contributed by atoms with Crippen molar-refractivity contribution in [3.8, 4) is 0 Å². The first kappa shape index (κ1) is 15.2. The van der Waals surface area contributed by atoms with E-state index < -0.39 is 7.60 Å². The van der Waals surface area contributed by atoms with E-state index in [2.05, 4.69) is 6.92 Å². The summed E-state index contributed by atoms with van der Waals surface area (Å²) in [5.41, 5.74) is 0. The summed E-state index contributed by atoms with van der Waals surface area (Å²) in [5, 5.41) is 0. The second-order valence-corrected chi connectivity index (χ2v) is 5.94. The van der Waals surface area contributed by atoms with Crippen molar-refractivity contribution in [2.45, 2.75) is 58.8 Å². The Bertz CT molecular complexity index is 183. The summed E-state index contributed by atoms with van der Waals surface area (Å²) in [7, 11) is -3.26. The zero-order valence-electron chi connectivity index (χ0n) is 10.1. The highest BCUT2D eigenvalue weighted by molar-refractivity contribution is 7.52. The van der Waals surface area contributed by atoms with Crippen LogP contribution in [0.5, 0.6) is 0 Å². The van der Waals surface area contributed by atoms with Gasteiger partial charge in [0.15, 0.2) is 0 Å². The second-order valence-electron chi connectivity index (χ2n) is 3.96. The molecule has 0 fully saturated rings. The van der Waals surface area contributed by atoms with Gasteiger partial charge in [-0.25, -0.2) is 0 Å². The Labute approximate surface area is 93.8 Å². The number of rotatable bonds is 10. The summed E-state index contributed by atoms with van der Waals surface area (Å²) in [6.45, 7) is 4.61. The van der Waals surface area contributed by atoms with Crippen molar-refractivity contribution in [3.63, 3.8) is 0 Å². The van der Waals surface area contributed by atoms with E-state index in [1.54, 1.807) is 0 Å². The Morgan fingerprint density at radius 1 is 1.00 bits per heavy atom. The molecule has 0 saturated heterocycles. The quantitative estimate of drug-likeness (QED) is 0.461. The van der Waals surface area contributed by atoms with Gasteiger partial charge in [-0.3, -0.25) is 4.57 Å². The second kappa shape index (κ2) is 9.38. The highest BCUT2D eigenvalue weighted by atomic mass is 31.2. The van der Waals surface area contributed by atoms with Gasteiger partial charge in [-0.2, -0.15) is 0 Å². The van der Waals surface area contributed by atoms with Gasteiger partial charge in [0.05, 0.1) is 6.61 Å². The maximum atomic E-state index is 11.4. The molecule has 1 atom stereocenters. The lowest BCUT2D eigenvalue weighted by Gasteiger charge is -2.11. The van der Waals surface area contributed by atoms with Crippen molar-refractivity contribution >= 4 is 7.60 Å². The van der Waals surface area contributed by atoms with E-state index in [0.717, 1.165) is 25.7 Å². The molecule has 0 aromatic carbocycles. The monoisotopic (exact) mass is 236 g/mol. The van der Waals surface area contributed by atoms with Gasteiger partial charge >= 0.3 is 7.60 Å². The summed E-state index contributed by atoms with van der Waals surface area (Å²) in [6, 6.07) is 0. The molecule has 92 valence electrons. The lowest BCUT2D eigenvalue weighted by atomic mass is 10.2. The Hall–Kier alpha value is 0.150. The van der Waals surface area contributed by atoms with E-state index in [0.29, 0.717) is 12.8 Å². The molecule has 3 nitrogen and oxygen atoms in total. The zero-order chi connectivity index (χ0) is 11.6. The fraction of sp³-hybridized carbons (Fsp3) is 1.00. The third-order valence-electron chi connectivity index (χ3n) is 2.34. The molecule has 1 N–H and O–H groups in total. The highest BCUT2D eigenvalue weighted by Gasteiger charge is 2.17. The predicted molar refractivity (Wildman–Crippen MR) is 64.3 cm³/mol. The molecule has 4 heteroatoms. The Balaban J connectivity index is 3.36. The fourth-order valence-electron chi connectivity index (χ4n) is 1.34. The molecular formula is C11H25O3P. The van der Waals surface area contributed by atoms with Gasteiger partial charge in [0, 0.05) is 6.16 Å². The van der Waals surface area contributed by atoms with Crippen LogP contribution in [0.3, 0.4) is 0 Å². The van der Waals surface area contributed by atoms with E-state index in [1.807, 2.05) is 6.92 Å². The maximum Gasteiger partial charge on any atom is 0.328 e. The molecule has 0 amide bonds. The molecule has 0 aliphatic heterocycles. The van der Waals surface area contributed by atoms with Crippen molar-refractivity contribution in [1.29, 1.82) is 0 Å². The molecule has 0 aromatic rings. The van der Waals surface area contributed by atoms with E-state index in [9.17, 15) is 9.46 Å². The Morgan fingerprint density at radius 3 is 2.20 bits per heavy atom. The van der Waals surface area contributed by atoms with Gasteiger partial charge in [0.25, 0.3) is 0 Å². The SMILES string of the molecule is CCCCCCCOP(=O)(O)CCCC. The molecule has 0 radical (unpaired) electrons. The molecule has 0 saturated carbocycles. The summed E-state index contributed by atoms with van der Waals surface area (Å²) >= 11 is 0. The first-order valence-corrected chi connectivity index (χ1v) is 7.85. The van der Waals surface area contributed by atoms with Gasteiger partial charge in [-0.05, 0) is 12.8 Å². The van der Waals surface area contributed by atoms with Crippen molar-refractivity contribution in [1.82, 2.24) is 0 Å². The molecule has 1 unspecified atom stereocenters. The third-order valence-corrected chi connectivity index (χ3v) is 3.80. The van der Waals surface area contributed by atoms with Crippen LogP contribution in [-0.4, -0.2) is 17.7 Å². The van der Waals surface area contributed by atoms with Crippen molar-refractivity contribution in [2.75, 3.05) is 12.8 Å². The minimum Gasteiger partial charge on any atom is -0.324 e. The zero-order valence-corrected chi connectivity index (χ0v) is 11.0. The summed E-state index contributed by atoms with van der Waals surface area (Å²) in [4.78, 5) is 9.38. The standard InChI is InChI=1S/C11H25O3P/c1-3-5-7-8-9-10-14-15(12,13)11-6-4-2/h3-11H2,1-2H3,(H,12,13). The molecule has 0 aliphatic carbocycles. The van der Waals surface area contributed by atoms with Gasteiger partial charge in [-0.1, -0.05) is 46.0 Å².